The average Bonchev–Trinajstić information content (AvgIpc) is 2.38. The first kappa shape index (κ1) is 15.4. The molecule has 0 saturated carbocycles. The molecule has 0 aliphatic heterocycles. The Morgan fingerprint density at radius 2 is 2.21 bits per heavy atom. The lowest BCUT2D eigenvalue weighted by Crippen LogP contribution is -2.40. The van der Waals surface area contributed by atoms with Gasteiger partial charge in [-0.05, 0) is 18.1 Å². The Bertz CT molecular complexity index is 493. The second-order valence-corrected chi connectivity index (χ2v) is 4.73. The highest BCUT2D eigenvalue weighted by atomic mass is 35.5. The quantitative estimate of drug-likeness (QED) is 0.641. The topological polar surface area (TPSA) is 98.3 Å². The van der Waals surface area contributed by atoms with E-state index in [2.05, 4.69) is 5.32 Å². The summed E-state index contributed by atoms with van der Waals surface area (Å²) in [5.41, 5.74) is 5.83. The van der Waals surface area contributed by atoms with Crippen LogP contribution in [0.15, 0.2) is 18.2 Å². The molecule has 104 valence electrons. The minimum atomic E-state index is -0.653. The number of nitrogens with zero attached hydrogens (tertiary/aromatic N) is 1. The number of hydrogen-bond donors (Lipinski definition) is 2. The van der Waals surface area contributed by atoms with E-state index in [1.54, 1.807) is 0 Å². The van der Waals surface area contributed by atoms with Crippen molar-refractivity contribution in [1.29, 1.82) is 0 Å². The van der Waals surface area contributed by atoms with Gasteiger partial charge in [0, 0.05) is 11.8 Å². The first-order chi connectivity index (χ1) is 8.86. The summed E-state index contributed by atoms with van der Waals surface area (Å²) in [5, 5.41) is 13.3. The Labute approximate surface area is 116 Å². The van der Waals surface area contributed by atoms with Crippen LogP contribution in [0.4, 0.5) is 11.4 Å². The number of amides is 1. The summed E-state index contributed by atoms with van der Waals surface area (Å²) in [6.45, 7) is 3.81. The number of halogens is 1. The molecule has 0 radical (unpaired) electrons. The van der Waals surface area contributed by atoms with Crippen molar-refractivity contribution in [3.63, 3.8) is 0 Å². The second kappa shape index (κ2) is 6.49. The number of anilines is 1. The van der Waals surface area contributed by atoms with E-state index in [0.717, 1.165) is 6.42 Å². The van der Waals surface area contributed by atoms with Crippen LogP contribution in [0.2, 0.25) is 5.02 Å². The Morgan fingerprint density at radius 3 is 2.74 bits per heavy atom. The van der Waals surface area contributed by atoms with Crippen LogP contribution >= 0.6 is 11.6 Å². The summed E-state index contributed by atoms with van der Waals surface area (Å²) in [4.78, 5) is 22.0. The van der Waals surface area contributed by atoms with Crippen LogP contribution in [0, 0.1) is 16.0 Å². The van der Waals surface area contributed by atoms with Gasteiger partial charge in [0.25, 0.3) is 5.69 Å². The molecule has 0 saturated heterocycles. The van der Waals surface area contributed by atoms with Gasteiger partial charge < -0.3 is 11.1 Å². The number of nitro benzene ring substituents is 1. The molecule has 1 unspecified atom stereocenters. The number of benzene rings is 1. The Kier molecular flexibility index (Phi) is 5.26. The number of hydrogen-bond acceptors (Lipinski definition) is 4. The maximum atomic E-state index is 11.8. The number of carbonyl (C=O) groups excluding carboxylic acids is 1. The fourth-order valence-corrected chi connectivity index (χ4v) is 1.65. The van der Waals surface area contributed by atoms with E-state index in [9.17, 15) is 14.9 Å². The summed E-state index contributed by atoms with van der Waals surface area (Å²) in [6.07, 6.45) is 0.773. The van der Waals surface area contributed by atoms with Gasteiger partial charge in [-0.2, -0.15) is 0 Å². The van der Waals surface area contributed by atoms with Crippen LogP contribution in [0.1, 0.15) is 20.3 Å². The third-order valence-electron chi connectivity index (χ3n) is 2.97. The zero-order valence-corrected chi connectivity index (χ0v) is 11.5. The highest BCUT2D eigenvalue weighted by Crippen LogP contribution is 2.27. The molecule has 3 N–H and O–H groups in total. The molecule has 1 aromatic carbocycles. The van der Waals surface area contributed by atoms with E-state index in [0.29, 0.717) is 5.69 Å². The van der Waals surface area contributed by atoms with Gasteiger partial charge in [0.15, 0.2) is 0 Å². The monoisotopic (exact) mass is 285 g/mol. The lowest BCUT2D eigenvalue weighted by Gasteiger charge is -2.17. The minimum absolute atomic E-state index is 0.0224. The predicted molar refractivity (Wildman–Crippen MR) is 74.2 cm³/mol. The fourth-order valence-electron chi connectivity index (χ4n) is 1.47. The van der Waals surface area contributed by atoms with Crippen LogP contribution in [0.25, 0.3) is 0 Å². The van der Waals surface area contributed by atoms with Gasteiger partial charge in [0.2, 0.25) is 5.91 Å². The first-order valence-electron chi connectivity index (χ1n) is 5.87. The molecule has 0 spiro atoms. The summed E-state index contributed by atoms with van der Waals surface area (Å²) in [5.74, 6) is -0.340. The molecule has 7 heteroatoms. The van der Waals surface area contributed by atoms with Crippen LogP contribution in [0.5, 0.6) is 0 Å². The smallest absolute Gasteiger partial charge is 0.289 e. The molecule has 0 aliphatic carbocycles. The van der Waals surface area contributed by atoms with Crippen molar-refractivity contribution in [1.82, 2.24) is 0 Å². The largest absolute Gasteiger partial charge is 0.324 e. The molecule has 1 amide bonds. The van der Waals surface area contributed by atoms with E-state index in [4.69, 9.17) is 17.3 Å². The standard InChI is InChI=1S/C12H16ClN3O3/c1-3-7(2)11(14)12(17)15-8-4-5-9(13)10(6-8)16(18)19/h4-7,11H,3,14H2,1-2H3,(H,15,17)/t7?,11-/m0/s1. The third kappa shape index (κ3) is 3.90. The van der Waals surface area contributed by atoms with Gasteiger partial charge in [0.05, 0.1) is 11.0 Å². The summed E-state index contributed by atoms with van der Waals surface area (Å²) in [6, 6.07) is 3.42. The van der Waals surface area contributed by atoms with Crippen molar-refractivity contribution >= 4 is 28.9 Å². The van der Waals surface area contributed by atoms with Gasteiger partial charge in [-0.15, -0.1) is 0 Å². The van der Waals surface area contributed by atoms with Gasteiger partial charge in [0.1, 0.15) is 5.02 Å². The van der Waals surface area contributed by atoms with Crippen molar-refractivity contribution < 1.29 is 9.72 Å². The molecule has 6 nitrogen and oxygen atoms in total. The zero-order chi connectivity index (χ0) is 14.6. The van der Waals surface area contributed by atoms with E-state index in [-0.39, 0.29) is 22.5 Å². The van der Waals surface area contributed by atoms with Crippen molar-refractivity contribution in [3.8, 4) is 0 Å². The van der Waals surface area contributed by atoms with Crippen LogP contribution in [-0.4, -0.2) is 16.9 Å². The van der Waals surface area contributed by atoms with Crippen molar-refractivity contribution in [2.75, 3.05) is 5.32 Å². The van der Waals surface area contributed by atoms with Crippen molar-refractivity contribution in [3.05, 3.63) is 33.3 Å². The van der Waals surface area contributed by atoms with Crippen LogP contribution in [0.3, 0.4) is 0 Å². The molecule has 2 atom stereocenters. The SMILES string of the molecule is CCC(C)[C@H](N)C(=O)Nc1ccc(Cl)c([N+](=O)[O-])c1. The van der Waals surface area contributed by atoms with Gasteiger partial charge >= 0.3 is 0 Å². The molecule has 1 rings (SSSR count). The van der Waals surface area contributed by atoms with E-state index in [1.165, 1.54) is 18.2 Å². The molecule has 0 aromatic heterocycles. The molecule has 19 heavy (non-hydrogen) atoms. The normalized spacial score (nSPS) is 13.7. The lowest BCUT2D eigenvalue weighted by atomic mass is 9.99. The van der Waals surface area contributed by atoms with Crippen molar-refractivity contribution in [2.24, 2.45) is 11.7 Å². The number of rotatable bonds is 5. The average molecular weight is 286 g/mol. The maximum Gasteiger partial charge on any atom is 0.289 e. The van der Waals surface area contributed by atoms with E-state index < -0.39 is 11.0 Å². The molecule has 0 aliphatic rings. The summed E-state index contributed by atoms with van der Waals surface area (Å²) in [7, 11) is 0. The second-order valence-electron chi connectivity index (χ2n) is 4.32. The Hall–Kier alpha value is -1.66. The molecular weight excluding hydrogens is 270 g/mol. The highest BCUT2D eigenvalue weighted by Gasteiger charge is 2.20. The minimum Gasteiger partial charge on any atom is -0.324 e. The third-order valence-corrected chi connectivity index (χ3v) is 3.29. The molecular formula is C12H16ClN3O3. The summed E-state index contributed by atoms with van der Waals surface area (Å²) >= 11 is 5.68. The fraction of sp³-hybridized carbons (Fsp3) is 0.417. The first-order valence-corrected chi connectivity index (χ1v) is 6.25. The molecule has 1 aromatic rings. The lowest BCUT2D eigenvalue weighted by molar-refractivity contribution is -0.384. The molecule has 0 bridgehead atoms. The van der Waals surface area contributed by atoms with Gasteiger partial charge in [-0.1, -0.05) is 31.9 Å². The summed E-state index contributed by atoms with van der Waals surface area (Å²) < 4.78 is 0. The zero-order valence-electron chi connectivity index (χ0n) is 10.7. The Balaban J connectivity index is 2.86. The van der Waals surface area contributed by atoms with E-state index in [1.807, 2.05) is 13.8 Å². The van der Waals surface area contributed by atoms with Gasteiger partial charge in [-0.3, -0.25) is 14.9 Å². The van der Waals surface area contributed by atoms with E-state index >= 15 is 0 Å². The Morgan fingerprint density at radius 1 is 1.58 bits per heavy atom. The highest BCUT2D eigenvalue weighted by molar-refractivity contribution is 6.32. The molecule has 0 heterocycles. The number of nitro groups is 1. The van der Waals surface area contributed by atoms with Crippen LogP contribution in [-0.2, 0) is 4.79 Å². The maximum absolute atomic E-state index is 11.8. The van der Waals surface area contributed by atoms with Crippen molar-refractivity contribution in [2.45, 2.75) is 26.3 Å². The number of carbonyl (C=O) groups is 1. The molecule has 0 fully saturated rings. The van der Waals surface area contributed by atoms with Gasteiger partial charge in [-0.25, -0.2) is 0 Å². The predicted octanol–water partition coefficient (Wildman–Crippen LogP) is 2.56. The number of nitrogens with two attached hydrogens (primary N) is 1. The number of nitrogens with one attached hydrogen (secondary N) is 1. The van der Waals surface area contributed by atoms with Crippen LogP contribution < -0.4 is 11.1 Å².